The number of ketones is 1. The summed E-state index contributed by atoms with van der Waals surface area (Å²) >= 11 is 0. The van der Waals surface area contributed by atoms with E-state index in [0.29, 0.717) is 18.9 Å². The minimum absolute atomic E-state index is 0.0799. The Morgan fingerprint density at radius 2 is 2.10 bits per heavy atom. The summed E-state index contributed by atoms with van der Waals surface area (Å²) in [5.74, 6) is -0.550. The lowest BCUT2D eigenvalue weighted by atomic mass is 9.79. The lowest BCUT2D eigenvalue weighted by molar-refractivity contribution is -0.137. The second-order valence-corrected chi connectivity index (χ2v) is 7.54. The van der Waals surface area contributed by atoms with Gasteiger partial charge in [-0.2, -0.15) is 13.2 Å². The molecule has 2 heterocycles. The number of benzene rings is 1. The zero-order valence-corrected chi connectivity index (χ0v) is 16.6. The van der Waals surface area contributed by atoms with Crippen LogP contribution < -0.4 is 15.4 Å². The highest BCUT2D eigenvalue weighted by atomic mass is 19.4. The van der Waals surface area contributed by atoms with Crippen molar-refractivity contribution in [3.63, 3.8) is 0 Å². The van der Waals surface area contributed by atoms with E-state index >= 15 is 0 Å². The normalized spacial score (nSPS) is 21.9. The van der Waals surface area contributed by atoms with Gasteiger partial charge in [-0.15, -0.1) is 0 Å². The molecule has 3 rings (SSSR count). The summed E-state index contributed by atoms with van der Waals surface area (Å²) in [4.78, 5) is 17.2. The molecule has 0 unspecified atom stereocenters. The number of ether oxygens (including phenoxy) is 1. The lowest BCUT2D eigenvalue weighted by Crippen LogP contribution is -2.60. The van der Waals surface area contributed by atoms with E-state index in [4.69, 9.17) is 4.74 Å². The smallest absolute Gasteiger partial charge is 0.417 e. The lowest BCUT2D eigenvalue weighted by Gasteiger charge is -2.39. The Kier molecular flexibility index (Phi) is 6.30. The van der Waals surface area contributed by atoms with Gasteiger partial charge in [0.2, 0.25) is 0 Å². The van der Waals surface area contributed by atoms with E-state index in [1.807, 2.05) is 0 Å². The monoisotopic (exact) mass is 425 g/mol. The van der Waals surface area contributed by atoms with Crippen molar-refractivity contribution < 1.29 is 27.1 Å². The van der Waals surface area contributed by atoms with Crippen LogP contribution in [0.5, 0.6) is 5.75 Å². The molecule has 30 heavy (non-hydrogen) atoms. The number of nitrogens with zero attached hydrogens (tertiary/aromatic N) is 1. The molecule has 0 amide bonds. The number of Topliss-reactive ketones (excluding diaryl/α,β-unsaturated/α-hetero) is 1. The molecule has 1 aromatic heterocycles. The SMILES string of the molecule is COc1c(F)cccc1C(=O)[C@@]1(CNc2ccc(C(F)(F)F)cn2)CC[C@H](C)CN1. The maximum Gasteiger partial charge on any atom is 0.417 e. The first kappa shape index (κ1) is 22.0. The fourth-order valence-electron chi connectivity index (χ4n) is 3.54. The first-order valence-electron chi connectivity index (χ1n) is 9.56. The minimum atomic E-state index is -4.47. The molecule has 2 N–H and O–H groups in total. The van der Waals surface area contributed by atoms with Gasteiger partial charge in [0.25, 0.3) is 0 Å². The number of anilines is 1. The van der Waals surface area contributed by atoms with E-state index in [9.17, 15) is 22.4 Å². The number of carbonyl (C=O) groups is 1. The number of alkyl halides is 3. The predicted molar refractivity (Wildman–Crippen MR) is 104 cm³/mol. The quantitative estimate of drug-likeness (QED) is 0.534. The molecule has 1 aliphatic heterocycles. The molecule has 1 aliphatic rings. The number of pyridine rings is 1. The average molecular weight is 425 g/mol. The summed E-state index contributed by atoms with van der Waals surface area (Å²) < 4.78 is 57.4. The van der Waals surface area contributed by atoms with E-state index in [1.165, 1.54) is 31.4 Å². The number of halogens is 4. The molecule has 0 saturated carbocycles. The molecule has 0 aliphatic carbocycles. The Labute approximate surface area is 171 Å². The van der Waals surface area contributed by atoms with Crippen molar-refractivity contribution in [2.24, 2.45) is 5.92 Å². The third kappa shape index (κ3) is 4.56. The van der Waals surface area contributed by atoms with Crippen LogP contribution in [0, 0.1) is 11.7 Å². The molecule has 2 aromatic rings. The van der Waals surface area contributed by atoms with Crippen LogP contribution in [0.15, 0.2) is 36.5 Å². The van der Waals surface area contributed by atoms with Crippen molar-refractivity contribution in [1.29, 1.82) is 0 Å². The molecular formula is C21H23F4N3O2. The number of rotatable bonds is 6. The molecule has 2 atom stereocenters. The summed E-state index contributed by atoms with van der Waals surface area (Å²) in [6, 6.07) is 6.30. The van der Waals surface area contributed by atoms with Crippen molar-refractivity contribution in [3.05, 3.63) is 53.5 Å². The van der Waals surface area contributed by atoms with Crippen molar-refractivity contribution in [3.8, 4) is 5.75 Å². The number of hydrogen-bond acceptors (Lipinski definition) is 5. The second kappa shape index (κ2) is 8.59. The van der Waals surface area contributed by atoms with E-state index in [-0.39, 0.29) is 29.5 Å². The van der Waals surface area contributed by atoms with Gasteiger partial charge >= 0.3 is 6.18 Å². The van der Waals surface area contributed by atoms with Gasteiger partial charge in [-0.3, -0.25) is 4.79 Å². The van der Waals surface area contributed by atoms with E-state index < -0.39 is 23.1 Å². The Hall–Kier alpha value is -2.68. The van der Waals surface area contributed by atoms with E-state index in [0.717, 1.165) is 18.7 Å². The number of carbonyl (C=O) groups excluding carboxylic acids is 1. The molecule has 1 saturated heterocycles. The van der Waals surface area contributed by atoms with Crippen LogP contribution in [0.3, 0.4) is 0 Å². The molecule has 1 fully saturated rings. The van der Waals surface area contributed by atoms with Crippen molar-refractivity contribution in [1.82, 2.24) is 10.3 Å². The Balaban J connectivity index is 1.86. The van der Waals surface area contributed by atoms with Crippen molar-refractivity contribution >= 4 is 11.6 Å². The standard InChI is InChI=1S/C21H23F4N3O2/c1-13-8-9-20(28-10-13,19(29)15-4-3-5-16(22)18(15)30-2)12-27-17-7-6-14(11-26-17)21(23,24)25/h3-7,11,13,28H,8-10,12H2,1-2H3,(H,26,27)/t13-,20-/m0/s1. The molecule has 1 aromatic carbocycles. The maximum absolute atomic E-state index is 14.1. The van der Waals surface area contributed by atoms with E-state index in [2.05, 4.69) is 22.5 Å². The fourth-order valence-corrected chi connectivity index (χ4v) is 3.54. The van der Waals surface area contributed by atoms with Crippen LogP contribution in [0.1, 0.15) is 35.7 Å². The van der Waals surface area contributed by atoms with Gasteiger partial charge in [0.05, 0.1) is 23.8 Å². The van der Waals surface area contributed by atoms with Gasteiger partial charge in [0.15, 0.2) is 17.3 Å². The minimum Gasteiger partial charge on any atom is -0.493 e. The van der Waals surface area contributed by atoms with Crippen LogP contribution in [0.25, 0.3) is 0 Å². The van der Waals surface area contributed by atoms with Crippen molar-refractivity contribution in [2.45, 2.75) is 31.5 Å². The molecular weight excluding hydrogens is 402 g/mol. The van der Waals surface area contributed by atoms with Gasteiger partial charge in [-0.05, 0) is 49.6 Å². The van der Waals surface area contributed by atoms with Gasteiger partial charge in [0.1, 0.15) is 5.82 Å². The summed E-state index contributed by atoms with van der Waals surface area (Å²) in [7, 11) is 1.29. The Bertz CT molecular complexity index is 892. The molecule has 0 bridgehead atoms. The summed E-state index contributed by atoms with van der Waals surface area (Å²) in [5, 5.41) is 6.21. The summed E-state index contributed by atoms with van der Waals surface area (Å²) in [6.07, 6.45) is -2.50. The highest BCUT2D eigenvalue weighted by Gasteiger charge is 2.42. The zero-order valence-electron chi connectivity index (χ0n) is 16.6. The van der Waals surface area contributed by atoms with Crippen LogP contribution in [-0.2, 0) is 6.18 Å². The van der Waals surface area contributed by atoms with E-state index in [1.54, 1.807) is 0 Å². The Morgan fingerprint density at radius 3 is 2.67 bits per heavy atom. The zero-order chi connectivity index (χ0) is 21.9. The third-order valence-corrected chi connectivity index (χ3v) is 5.37. The number of piperidine rings is 1. The van der Waals surface area contributed by atoms with Gasteiger partial charge in [-0.1, -0.05) is 13.0 Å². The molecule has 9 heteroatoms. The topological polar surface area (TPSA) is 63.2 Å². The number of methoxy groups -OCH3 is 1. The molecule has 5 nitrogen and oxygen atoms in total. The summed E-state index contributed by atoms with van der Waals surface area (Å²) in [6.45, 7) is 2.71. The van der Waals surface area contributed by atoms with Crippen LogP contribution in [0.2, 0.25) is 0 Å². The fraction of sp³-hybridized carbons (Fsp3) is 0.429. The van der Waals surface area contributed by atoms with Crippen LogP contribution in [-0.4, -0.2) is 36.5 Å². The average Bonchev–Trinajstić information content (AvgIpc) is 2.72. The van der Waals surface area contributed by atoms with Gasteiger partial charge in [-0.25, -0.2) is 9.37 Å². The first-order valence-corrected chi connectivity index (χ1v) is 9.56. The summed E-state index contributed by atoms with van der Waals surface area (Å²) in [5.41, 5.74) is -1.81. The number of para-hydroxylation sites is 1. The first-order chi connectivity index (χ1) is 14.2. The Morgan fingerprint density at radius 1 is 1.33 bits per heavy atom. The number of aromatic nitrogens is 1. The largest absolute Gasteiger partial charge is 0.493 e. The maximum atomic E-state index is 14.1. The van der Waals surface area contributed by atoms with Crippen molar-refractivity contribution in [2.75, 3.05) is 25.5 Å². The third-order valence-electron chi connectivity index (χ3n) is 5.37. The highest BCUT2D eigenvalue weighted by molar-refractivity contribution is 6.06. The predicted octanol–water partition coefficient (Wildman–Crippen LogP) is 4.30. The highest BCUT2D eigenvalue weighted by Crippen LogP contribution is 2.32. The van der Waals surface area contributed by atoms with Crippen LogP contribution >= 0.6 is 0 Å². The van der Waals surface area contributed by atoms with Crippen LogP contribution in [0.4, 0.5) is 23.4 Å². The van der Waals surface area contributed by atoms with Gasteiger partial charge in [0, 0.05) is 12.7 Å². The molecule has 0 spiro atoms. The van der Waals surface area contributed by atoms with Gasteiger partial charge < -0.3 is 15.4 Å². The number of nitrogens with one attached hydrogen (secondary N) is 2. The second-order valence-electron chi connectivity index (χ2n) is 7.54. The molecule has 162 valence electrons. The number of hydrogen-bond donors (Lipinski definition) is 2. The molecule has 0 radical (unpaired) electrons.